The molecule has 6 nitrogen and oxygen atoms in total. The molecule has 2 amide bonds. The molecule has 0 radical (unpaired) electrons. The van der Waals surface area contributed by atoms with Crippen LogP contribution >= 0.6 is 0 Å². The van der Waals surface area contributed by atoms with Gasteiger partial charge in [0.25, 0.3) is 5.91 Å². The molecule has 0 bridgehead atoms. The van der Waals surface area contributed by atoms with Crippen molar-refractivity contribution in [2.24, 2.45) is 0 Å². The molecule has 86 valence electrons. The molecule has 0 saturated heterocycles. The molecule has 1 aromatic rings. The number of H-pyrrole nitrogens is 1. The number of hydrogen-bond acceptors (Lipinski definition) is 3. The van der Waals surface area contributed by atoms with Crippen LogP contribution < -0.4 is 16.2 Å². The van der Waals surface area contributed by atoms with Gasteiger partial charge in [0.15, 0.2) is 0 Å². The van der Waals surface area contributed by atoms with Crippen LogP contribution in [0.2, 0.25) is 0 Å². The van der Waals surface area contributed by atoms with Crippen LogP contribution in [0, 0.1) is 0 Å². The van der Waals surface area contributed by atoms with Crippen molar-refractivity contribution in [2.75, 3.05) is 13.1 Å². The number of carbonyl (C=O) groups is 2. The monoisotopic (exact) mass is 223 g/mol. The van der Waals surface area contributed by atoms with Gasteiger partial charge in [0, 0.05) is 37.8 Å². The third-order valence-electron chi connectivity index (χ3n) is 1.82. The second-order valence-corrected chi connectivity index (χ2v) is 3.18. The normalized spacial score (nSPS) is 9.56. The smallest absolute Gasteiger partial charge is 0.251 e. The topological polar surface area (TPSA) is 91.1 Å². The van der Waals surface area contributed by atoms with Crippen LogP contribution in [0.1, 0.15) is 17.3 Å². The Bertz CT molecular complexity index is 439. The molecule has 16 heavy (non-hydrogen) atoms. The minimum Gasteiger partial charge on any atom is -0.355 e. The fraction of sp³-hybridized carbons (Fsp3) is 0.300. The van der Waals surface area contributed by atoms with E-state index >= 15 is 0 Å². The highest BCUT2D eigenvalue weighted by Crippen LogP contribution is 1.91. The van der Waals surface area contributed by atoms with Crippen LogP contribution in [0.4, 0.5) is 0 Å². The van der Waals surface area contributed by atoms with Gasteiger partial charge in [-0.2, -0.15) is 0 Å². The molecule has 0 unspecified atom stereocenters. The largest absolute Gasteiger partial charge is 0.355 e. The minimum atomic E-state index is -0.337. The first-order chi connectivity index (χ1) is 7.59. The van der Waals surface area contributed by atoms with E-state index in [0.29, 0.717) is 18.7 Å². The van der Waals surface area contributed by atoms with E-state index in [1.54, 1.807) is 0 Å². The Morgan fingerprint density at radius 3 is 2.62 bits per heavy atom. The molecular formula is C10H13N3O3. The van der Waals surface area contributed by atoms with Crippen LogP contribution in [-0.2, 0) is 4.79 Å². The zero-order chi connectivity index (χ0) is 12.0. The molecule has 0 aliphatic rings. The number of hydrogen-bond donors (Lipinski definition) is 3. The van der Waals surface area contributed by atoms with Crippen molar-refractivity contribution in [3.05, 3.63) is 34.2 Å². The molecule has 0 aliphatic heterocycles. The van der Waals surface area contributed by atoms with Crippen LogP contribution in [0.25, 0.3) is 0 Å². The molecule has 1 heterocycles. The Morgan fingerprint density at radius 1 is 1.31 bits per heavy atom. The van der Waals surface area contributed by atoms with Crippen LogP contribution in [0.5, 0.6) is 0 Å². The van der Waals surface area contributed by atoms with Gasteiger partial charge in [-0.05, 0) is 6.07 Å². The van der Waals surface area contributed by atoms with Gasteiger partial charge in [0.2, 0.25) is 11.5 Å². The van der Waals surface area contributed by atoms with Crippen molar-refractivity contribution in [1.29, 1.82) is 0 Å². The predicted molar refractivity (Wildman–Crippen MR) is 58.1 cm³/mol. The summed E-state index contributed by atoms with van der Waals surface area (Å²) in [6.07, 6.45) is 1.41. The van der Waals surface area contributed by atoms with Crippen molar-refractivity contribution in [3.63, 3.8) is 0 Å². The van der Waals surface area contributed by atoms with E-state index in [9.17, 15) is 14.4 Å². The lowest BCUT2D eigenvalue weighted by atomic mass is 10.2. The highest BCUT2D eigenvalue weighted by Gasteiger charge is 2.04. The molecule has 1 rings (SSSR count). The van der Waals surface area contributed by atoms with Crippen LogP contribution in [-0.4, -0.2) is 29.9 Å². The summed E-state index contributed by atoms with van der Waals surface area (Å²) < 4.78 is 0. The molecule has 0 atom stereocenters. The number of carbonyl (C=O) groups excluding carboxylic acids is 2. The highest BCUT2D eigenvalue weighted by molar-refractivity contribution is 5.93. The number of nitrogens with one attached hydrogen (secondary N) is 3. The Morgan fingerprint density at radius 2 is 2.00 bits per heavy atom. The molecule has 0 fully saturated rings. The highest BCUT2D eigenvalue weighted by atomic mass is 16.2. The lowest BCUT2D eigenvalue weighted by Crippen LogP contribution is -2.33. The molecule has 0 spiro atoms. The number of aromatic amines is 1. The number of rotatable bonds is 4. The first-order valence-electron chi connectivity index (χ1n) is 4.81. The van der Waals surface area contributed by atoms with Crippen molar-refractivity contribution < 1.29 is 9.59 Å². The SMILES string of the molecule is CC(=O)NCCNC(=O)c1cc[nH]c(=O)c1. The van der Waals surface area contributed by atoms with Crippen LogP contribution in [0.3, 0.4) is 0 Å². The molecule has 0 aliphatic carbocycles. The van der Waals surface area contributed by atoms with Crippen molar-refractivity contribution in [2.45, 2.75) is 6.92 Å². The van der Waals surface area contributed by atoms with Gasteiger partial charge in [-0.15, -0.1) is 0 Å². The van der Waals surface area contributed by atoms with E-state index in [2.05, 4.69) is 15.6 Å². The maximum Gasteiger partial charge on any atom is 0.251 e. The first kappa shape index (κ1) is 12.0. The number of aromatic nitrogens is 1. The van der Waals surface area contributed by atoms with E-state index in [-0.39, 0.29) is 17.4 Å². The minimum absolute atomic E-state index is 0.148. The fourth-order valence-corrected chi connectivity index (χ4v) is 1.10. The van der Waals surface area contributed by atoms with Gasteiger partial charge in [0.1, 0.15) is 0 Å². The quantitative estimate of drug-likeness (QED) is 0.586. The summed E-state index contributed by atoms with van der Waals surface area (Å²) in [5.74, 6) is -0.484. The molecule has 3 N–H and O–H groups in total. The molecular weight excluding hydrogens is 210 g/mol. The zero-order valence-electron chi connectivity index (χ0n) is 8.87. The van der Waals surface area contributed by atoms with E-state index in [1.165, 1.54) is 25.3 Å². The molecule has 1 aromatic heterocycles. The van der Waals surface area contributed by atoms with Gasteiger partial charge in [0.05, 0.1) is 0 Å². The number of amides is 2. The summed E-state index contributed by atoms with van der Waals surface area (Å²) in [7, 11) is 0. The zero-order valence-corrected chi connectivity index (χ0v) is 8.87. The van der Waals surface area contributed by atoms with E-state index in [4.69, 9.17) is 0 Å². The van der Waals surface area contributed by atoms with Gasteiger partial charge in [-0.3, -0.25) is 14.4 Å². The standard InChI is InChI=1S/C10H13N3O3/c1-7(14)11-4-5-13-10(16)8-2-3-12-9(15)6-8/h2-3,6H,4-5H2,1H3,(H,11,14)(H,12,15)(H,13,16). The average Bonchev–Trinajstić information content (AvgIpc) is 2.24. The summed E-state index contributed by atoms with van der Waals surface area (Å²) in [5, 5.41) is 5.12. The van der Waals surface area contributed by atoms with E-state index in [0.717, 1.165) is 0 Å². The summed E-state index contributed by atoms with van der Waals surface area (Å²) in [4.78, 5) is 35.3. The third-order valence-corrected chi connectivity index (χ3v) is 1.82. The van der Waals surface area contributed by atoms with E-state index < -0.39 is 0 Å². The van der Waals surface area contributed by atoms with Gasteiger partial charge < -0.3 is 15.6 Å². The third kappa shape index (κ3) is 3.95. The summed E-state index contributed by atoms with van der Waals surface area (Å²) in [6, 6.07) is 2.73. The maximum atomic E-state index is 11.5. The fourth-order valence-electron chi connectivity index (χ4n) is 1.10. The second-order valence-electron chi connectivity index (χ2n) is 3.18. The number of pyridine rings is 1. The Labute approximate surface area is 92.1 Å². The summed E-state index contributed by atoms with van der Waals surface area (Å²) in [5.41, 5.74) is -0.0268. The van der Waals surface area contributed by atoms with Crippen molar-refractivity contribution in [3.8, 4) is 0 Å². The van der Waals surface area contributed by atoms with Crippen LogP contribution in [0.15, 0.2) is 23.1 Å². The predicted octanol–water partition coefficient (Wildman–Crippen LogP) is -0.759. The lowest BCUT2D eigenvalue weighted by Gasteiger charge is -2.04. The van der Waals surface area contributed by atoms with Crippen molar-refractivity contribution in [1.82, 2.24) is 15.6 Å². The molecule has 0 saturated carbocycles. The van der Waals surface area contributed by atoms with E-state index in [1.807, 2.05) is 0 Å². The van der Waals surface area contributed by atoms with Gasteiger partial charge in [-0.1, -0.05) is 0 Å². The molecule has 6 heteroatoms. The average molecular weight is 223 g/mol. The van der Waals surface area contributed by atoms with Gasteiger partial charge >= 0.3 is 0 Å². The summed E-state index contributed by atoms with van der Waals surface area (Å²) in [6.45, 7) is 2.09. The summed E-state index contributed by atoms with van der Waals surface area (Å²) >= 11 is 0. The Hall–Kier alpha value is -2.11. The second kappa shape index (κ2) is 5.69. The first-order valence-corrected chi connectivity index (χ1v) is 4.81. The Kier molecular flexibility index (Phi) is 4.26. The lowest BCUT2D eigenvalue weighted by molar-refractivity contribution is -0.118. The Balaban J connectivity index is 2.41. The van der Waals surface area contributed by atoms with Gasteiger partial charge in [-0.25, -0.2) is 0 Å². The maximum absolute atomic E-state index is 11.5. The van der Waals surface area contributed by atoms with Crippen molar-refractivity contribution >= 4 is 11.8 Å². The molecule has 0 aromatic carbocycles.